The van der Waals surface area contributed by atoms with Crippen molar-refractivity contribution in [1.29, 1.82) is 0 Å². The van der Waals surface area contributed by atoms with E-state index in [1.807, 2.05) is 25.1 Å². The second-order valence-electron chi connectivity index (χ2n) is 5.93. The predicted molar refractivity (Wildman–Crippen MR) is 116 cm³/mol. The van der Waals surface area contributed by atoms with Crippen molar-refractivity contribution in [2.75, 3.05) is 20.7 Å². The molecule has 4 nitrogen and oxygen atoms in total. The fourth-order valence-corrected chi connectivity index (χ4v) is 2.66. The van der Waals surface area contributed by atoms with Gasteiger partial charge in [-0.2, -0.15) is 0 Å². The molecular weight excluding hydrogens is 444 g/mol. The first kappa shape index (κ1) is 22.4. The molecule has 0 saturated heterocycles. The fraction of sp³-hybridized carbons (Fsp3) is 0.350. The van der Waals surface area contributed by atoms with Gasteiger partial charge >= 0.3 is 0 Å². The summed E-state index contributed by atoms with van der Waals surface area (Å²) in [5.74, 6) is 0.555. The Morgan fingerprint density at radius 2 is 1.88 bits per heavy atom. The number of hydrogen-bond acceptors (Lipinski definition) is 2. The molecule has 0 amide bonds. The molecule has 0 heterocycles. The topological polar surface area (TPSA) is 45.7 Å². The zero-order chi connectivity index (χ0) is 18.1. The molecule has 0 aromatic heterocycles. The van der Waals surface area contributed by atoms with Crippen LogP contribution in [-0.4, -0.2) is 26.7 Å². The lowest BCUT2D eigenvalue weighted by atomic mass is 10.1. The molecule has 26 heavy (non-hydrogen) atoms. The van der Waals surface area contributed by atoms with E-state index >= 15 is 0 Å². The number of rotatable bonds is 7. The quantitative estimate of drug-likeness (QED) is 0.367. The largest absolute Gasteiger partial charge is 0.380 e. The van der Waals surface area contributed by atoms with Crippen LogP contribution in [0.25, 0.3) is 0 Å². The summed E-state index contributed by atoms with van der Waals surface area (Å²) in [7, 11) is 3.44. The van der Waals surface area contributed by atoms with E-state index in [0.717, 1.165) is 35.6 Å². The Kier molecular flexibility index (Phi) is 10.2. The van der Waals surface area contributed by atoms with Gasteiger partial charge in [0.15, 0.2) is 5.96 Å². The van der Waals surface area contributed by atoms with E-state index in [2.05, 4.69) is 27.8 Å². The third-order valence-electron chi connectivity index (χ3n) is 3.98. The average molecular weight is 471 g/mol. The highest BCUT2D eigenvalue weighted by Gasteiger charge is 2.02. The Morgan fingerprint density at radius 3 is 2.58 bits per heavy atom. The zero-order valence-electron chi connectivity index (χ0n) is 15.5. The van der Waals surface area contributed by atoms with Gasteiger partial charge in [-0.15, -0.1) is 24.0 Å². The molecule has 2 rings (SSSR count). The molecule has 2 N–H and O–H groups in total. The van der Waals surface area contributed by atoms with Crippen molar-refractivity contribution in [3.63, 3.8) is 0 Å². The molecule has 0 spiro atoms. The number of halogens is 2. The molecule has 0 aliphatic heterocycles. The number of nitrogens with zero attached hydrogens (tertiary/aromatic N) is 1. The number of benzene rings is 2. The number of aryl methyl sites for hydroxylation is 1. The van der Waals surface area contributed by atoms with Crippen LogP contribution in [0.3, 0.4) is 0 Å². The van der Waals surface area contributed by atoms with E-state index in [9.17, 15) is 4.39 Å². The summed E-state index contributed by atoms with van der Waals surface area (Å²) in [6.45, 7) is 3.96. The van der Waals surface area contributed by atoms with Crippen LogP contribution in [0.4, 0.5) is 4.39 Å². The van der Waals surface area contributed by atoms with Crippen LogP contribution in [0.1, 0.15) is 22.3 Å². The van der Waals surface area contributed by atoms with Crippen LogP contribution in [-0.2, 0) is 24.3 Å². The highest BCUT2D eigenvalue weighted by molar-refractivity contribution is 14.0. The molecule has 6 heteroatoms. The smallest absolute Gasteiger partial charge is 0.191 e. The predicted octanol–water partition coefficient (Wildman–Crippen LogP) is 3.81. The van der Waals surface area contributed by atoms with Crippen LogP contribution < -0.4 is 10.6 Å². The normalized spacial score (nSPS) is 11.0. The minimum absolute atomic E-state index is 0. The second-order valence-corrected chi connectivity index (χ2v) is 5.93. The minimum Gasteiger partial charge on any atom is -0.380 e. The standard InChI is InChI=1S/C20H26FN3O.HI/c1-15-11-19(21)8-7-18(15)9-10-23-20(22-2)24-13-16-5-4-6-17(12-16)14-25-3;/h4-8,11-12H,9-10,13-14H2,1-3H3,(H2,22,23,24);1H. The van der Waals surface area contributed by atoms with Gasteiger partial charge < -0.3 is 15.4 Å². The molecule has 0 fully saturated rings. The molecule has 0 saturated carbocycles. The van der Waals surface area contributed by atoms with Gasteiger partial charge in [-0.25, -0.2) is 4.39 Å². The van der Waals surface area contributed by atoms with Gasteiger partial charge in [0.1, 0.15) is 5.82 Å². The zero-order valence-corrected chi connectivity index (χ0v) is 17.8. The van der Waals surface area contributed by atoms with Crippen LogP contribution in [0, 0.1) is 12.7 Å². The highest BCUT2D eigenvalue weighted by atomic mass is 127. The molecular formula is C20H27FIN3O. The first-order chi connectivity index (χ1) is 12.1. The van der Waals surface area contributed by atoms with Crippen LogP contribution in [0.2, 0.25) is 0 Å². The molecule has 0 atom stereocenters. The van der Waals surface area contributed by atoms with Gasteiger partial charge in [-0.3, -0.25) is 4.99 Å². The van der Waals surface area contributed by atoms with E-state index in [4.69, 9.17) is 4.74 Å². The summed E-state index contributed by atoms with van der Waals surface area (Å²) in [6.07, 6.45) is 0.816. The summed E-state index contributed by atoms with van der Waals surface area (Å²) in [5.41, 5.74) is 4.43. The van der Waals surface area contributed by atoms with Crippen LogP contribution in [0.15, 0.2) is 47.5 Å². The highest BCUT2D eigenvalue weighted by Crippen LogP contribution is 2.10. The Bertz CT molecular complexity index is 722. The summed E-state index contributed by atoms with van der Waals surface area (Å²) in [4.78, 5) is 4.24. The third kappa shape index (κ3) is 7.29. The molecule has 2 aromatic carbocycles. The van der Waals surface area contributed by atoms with E-state index in [0.29, 0.717) is 13.2 Å². The molecule has 142 valence electrons. The van der Waals surface area contributed by atoms with Crippen molar-refractivity contribution in [2.45, 2.75) is 26.5 Å². The molecule has 0 unspecified atom stereocenters. The monoisotopic (exact) mass is 471 g/mol. The minimum atomic E-state index is -0.192. The summed E-state index contributed by atoms with van der Waals surface area (Å²) in [5, 5.41) is 6.59. The summed E-state index contributed by atoms with van der Waals surface area (Å²) >= 11 is 0. The Labute approximate surface area is 172 Å². The van der Waals surface area contributed by atoms with Crippen molar-refractivity contribution >= 4 is 29.9 Å². The molecule has 0 bridgehead atoms. The molecule has 2 aromatic rings. The molecule has 0 aliphatic rings. The van der Waals surface area contributed by atoms with Crippen LogP contribution in [0.5, 0.6) is 0 Å². The van der Waals surface area contributed by atoms with Gasteiger partial charge in [0.05, 0.1) is 6.61 Å². The lowest BCUT2D eigenvalue weighted by Gasteiger charge is -2.13. The maximum Gasteiger partial charge on any atom is 0.191 e. The number of ether oxygens (including phenoxy) is 1. The number of guanidine groups is 1. The first-order valence-electron chi connectivity index (χ1n) is 8.38. The van der Waals surface area contributed by atoms with Crippen LogP contribution >= 0.6 is 24.0 Å². The summed E-state index contributed by atoms with van der Waals surface area (Å²) in [6, 6.07) is 13.2. The third-order valence-corrected chi connectivity index (χ3v) is 3.98. The molecule has 0 aliphatic carbocycles. The lowest BCUT2D eigenvalue weighted by molar-refractivity contribution is 0.185. The van der Waals surface area contributed by atoms with E-state index in [1.165, 1.54) is 11.6 Å². The van der Waals surface area contributed by atoms with Crippen molar-refractivity contribution in [3.05, 3.63) is 70.5 Å². The van der Waals surface area contributed by atoms with Crippen molar-refractivity contribution in [3.8, 4) is 0 Å². The van der Waals surface area contributed by atoms with Gasteiger partial charge in [0, 0.05) is 27.2 Å². The maximum atomic E-state index is 13.1. The molecule has 0 radical (unpaired) electrons. The van der Waals surface area contributed by atoms with Gasteiger partial charge in [0.2, 0.25) is 0 Å². The fourth-order valence-electron chi connectivity index (χ4n) is 2.66. The lowest BCUT2D eigenvalue weighted by Crippen LogP contribution is -2.37. The summed E-state index contributed by atoms with van der Waals surface area (Å²) < 4.78 is 18.3. The number of aliphatic imine (C=N–C) groups is 1. The number of methoxy groups -OCH3 is 1. The van der Waals surface area contributed by atoms with Gasteiger partial charge in [0.25, 0.3) is 0 Å². The Morgan fingerprint density at radius 1 is 1.12 bits per heavy atom. The first-order valence-corrected chi connectivity index (χ1v) is 8.38. The maximum absolute atomic E-state index is 13.1. The SMILES string of the molecule is CN=C(NCCc1ccc(F)cc1C)NCc1cccc(COC)c1.I. The van der Waals surface area contributed by atoms with Crippen molar-refractivity contribution < 1.29 is 9.13 Å². The number of hydrogen-bond donors (Lipinski definition) is 2. The van der Waals surface area contributed by atoms with Crippen molar-refractivity contribution in [1.82, 2.24) is 10.6 Å². The average Bonchev–Trinajstić information content (AvgIpc) is 2.60. The Hall–Kier alpha value is -1.67. The Balaban J connectivity index is 0.00000338. The van der Waals surface area contributed by atoms with Crippen molar-refractivity contribution in [2.24, 2.45) is 4.99 Å². The second kappa shape index (κ2) is 11.9. The van der Waals surface area contributed by atoms with E-state index < -0.39 is 0 Å². The van der Waals surface area contributed by atoms with Gasteiger partial charge in [-0.05, 0) is 47.7 Å². The van der Waals surface area contributed by atoms with E-state index in [-0.39, 0.29) is 29.8 Å². The number of nitrogens with one attached hydrogen (secondary N) is 2. The van der Waals surface area contributed by atoms with E-state index in [1.54, 1.807) is 20.2 Å². The van der Waals surface area contributed by atoms with Gasteiger partial charge in [-0.1, -0.05) is 30.3 Å².